The molecule has 0 bridgehead atoms. The Kier molecular flexibility index (Phi) is 7.64. The molecule has 0 radical (unpaired) electrons. The van der Waals surface area contributed by atoms with Crippen LogP contribution in [0.5, 0.6) is 5.75 Å². The third kappa shape index (κ3) is 5.96. The number of nitrogens with two attached hydrogens (primary N) is 2. The van der Waals surface area contributed by atoms with Gasteiger partial charge in [0.05, 0.1) is 18.9 Å². The zero-order chi connectivity index (χ0) is 27.4. The van der Waals surface area contributed by atoms with Crippen molar-refractivity contribution in [2.24, 2.45) is 11.5 Å². The molecular weight excluding hydrogens is 501 g/mol. The summed E-state index contributed by atoms with van der Waals surface area (Å²) in [5.74, 6) is 0.680. The Hall–Kier alpha value is -4.58. The van der Waals surface area contributed by atoms with Crippen LogP contribution in [0.15, 0.2) is 55.1 Å². The first-order valence-electron chi connectivity index (χ1n) is 12.7. The van der Waals surface area contributed by atoms with E-state index in [2.05, 4.69) is 30.3 Å². The fraction of sp³-hybridized carbons (Fsp3) is 0.296. The molecular formula is C27H30FN9O2. The smallest absolute Gasteiger partial charge is 0.219 e. The topological polar surface area (TPSA) is 150 Å². The lowest BCUT2D eigenvalue weighted by Crippen LogP contribution is -2.43. The number of methoxy groups -OCH3 is 1. The van der Waals surface area contributed by atoms with Gasteiger partial charge in [0.15, 0.2) is 5.82 Å². The molecule has 39 heavy (non-hydrogen) atoms. The number of carbonyl (C=O) groups excluding carboxylic acids is 1. The van der Waals surface area contributed by atoms with E-state index in [9.17, 15) is 9.18 Å². The summed E-state index contributed by atoms with van der Waals surface area (Å²) in [4.78, 5) is 26.8. The predicted molar refractivity (Wildman–Crippen MR) is 146 cm³/mol. The maximum Gasteiger partial charge on any atom is 0.219 e. The van der Waals surface area contributed by atoms with Gasteiger partial charge in [0.25, 0.3) is 0 Å². The van der Waals surface area contributed by atoms with Crippen LogP contribution in [-0.2, 0) is 11.3 Å². The van der Waals surface area contributed by atoms with Crippen molar-refractivity contribution in [2.45, 2.75) is 31.8 Å². The number of aryl methyl sites for hydroxylation is 1. The normalized spacial score (nSPS) is 15.3. The Bertz CT molecular complexity index is 1480. The highest BCUT2D eigenvalue weighted by atomic mass is 19.1. The zero-order valence-corrected chi connectivity index (χ0v) is 21.5. The lowest BCUT2D eigenvalue weighted by atomic mass is 10.0. The molecule has 0 unspecified atom stereocenters. The zero-order valence-electron chi connectivity index (χ0n) is 21.5. The quantitative estimate of drug-likeness (QED) is 0.296. The Labute approximate surface area is 225 Å². The second kappa shape index (κ2) is 11.4. The molecule has 4 aromatic rings. The SMILES string of the molecule is COc1cccc(F)c1-c1nccc(Nc2cc(N3CCC[C@H](N)C3)c(-c3cnn(CCC(N)=O)c3)cn2)n1. The van der Waals surface area contributed by atoms with Crippen molar-refractivity contribution in [3.63, 3.8) is 0 Å². The first kappa shape index (κ1) is 26.0. The first-order valence-corrected chi connectivity index (χ1v) is 12.7. The van der Waals surface area contributed by atoms with Crippen LogP contribution in [0.1, 0.15) is 19.3 Å². The van der Waals surface area contributed by atoms with Gasteiger partial charge in [0.1, 0.15) is 23.2 Å². The van der Waals surface area contributed by atoms with Gasteiger partial charge in [-0.1, -0.05) is 6.07 Å². The van der Waals surface area contributed by atoms with Gasteiger partial charge in [-0.05, 0) is 31.0 Å². The average molecular weight is 532 g/mol. The van der Waals surface area contributed by atoms with E-state index in [0.717, 1.165) is 36.2 Å². The monoisotopic (exact) mass is 531 g/mol. The summed E-state index contributed by atoms with van der Waals surface area (Å²) in [5.41, 5.74) is 14.5. The van der Waals surface area contributed by atoms with Gasteiger partial charge >= 0.3 is 0 Å². The second-order valence-corrected chi connectivity index (χ2v) is 9.35. The molecule has 1 atom stereocenters. The van der Waals surface area contributed by atoms with Crippen LogP contribution in [0.25, 0.3) is 22.5 Å². The van der Waals surface area contributed by atoms with Crippen molar-refractivity contribution in [3.8, 4) is 28.3 Å². The summed E-state index contributed by atoms with van der Waals surface area (Å²) < 4.78 is 21.6. The van der Waals surface area contributed by atoms with Crippen molar-refractivity contribution in [1.82, 2.24) is 24.7 Å². The van der Waals surface area contributed by atoms with E-state index in [-0.39, 0.29) is 29.8 Å². The number of hydrogen-bond acceptors (Lipinski definition) is 9. The number of halogens is 1. The lowest BCUT2D eigenvalue weighted by Gasteiger charge is -2.34. The Morgan fingerprint density at radius 1 is 1.23 bits per heavy atom. The average Bonchev–Trinajstić information content (AvgIpc) is 3.41. The molecule has 0 saturated carbocycles. The van der Waals surface area contributed by atoms with Gasteiger partial charge < -0.3 is 26.4 Å². The summed E-state index contributed by atoms with van der Waals surface area (Å²) >= 11 is 0. The molecule has 11 nitrogen and oxygen atoms in total. The minimum absolute atomic E-state index is 0.0645. The molecule has 0 aliphatic carbocycles. The van der Waals surface area contributed by atoms with E-state index in [1.54, 1.807) is 41.5 Å². The van der Waals surface area contributed by atoms with E-state index in [1.165, 1.54) is 13.2 Å². The maximum absolute atomic E-state index is 14.6. The lowest BCUT2D eigenvalue weighted by molar-refractivity contribution is -0.118. The molecule has 1 aromatic carbocycles. The first-order chi connectivity index (χ1) is 18.9. The number of ether oxygens (including phenoxy) is 1. The van der Waals surface area contributed by atoms with Gasteiger partial charge in [-0.15, -0.1) is 0 Å². The fourth-order valence-electron chi connectivity index (χ4n) is 4.65. The second-order valence-electron chi connectivity index (χ2n) is 9.35. The van der Waals surface area contributed by atoms with Crippen LogP contribution in [0.2, 0.25) is 0 Å². The molecule has 1 amide bonds. The van der Waals surface area contributed by atoms with E-state index in [0.29, 0.717) is 30.5 Å². The number of rotatable bonds is 9. The number of benzene rings is 1. The van der Waals surface area contributed by atoms with Gasteiger partial charge in [-0.2, -0.15) is 5.10 Å². The van der Waals surface area contributed by atoms with E-state index >= 15 is 0 Å². The molecule has 5 rings (SSSR count). The van der Waals surface area contributed by atoms with Gasteiger partial charge in [-0.3, -0.25) is 9.48 Å². The largest absolute Gasteiger partial charge is 0.496 e. The van der Waals surface area contributed by atoms with Crippen LogP contribution in [-0.4, -0.2) is 56.9 Å². The summed E-state index contributed by atoms with van der Waals surface area (Å²) in [7, 11) is 1.47. The number of aromatic nitrogens is 5. The number of amides is 1. The van der Waals surface area contributed by atoms with Crippen LogP contribution < -0.4 is 26.4 Å². The number of nitrogens with one attached hydrogen (secondary N) is 1. The third-order valence-corrected chi connectivity index (χ3v) is 6.54. The highest BCUT2D eigenvalue weighted by molar-refractivity contribution is 5.80. The van der Waals surface area contributed by atoms with Gasteiger partial charge in [-0.25, -0.2) is 19.3 Å². The van der Waals surface area contributed by atoms with Gasteiger partial charge in [0.2, 0.25) is 5.91 Å². The Balaban J connectivity index is 1.47. The van der Waals surface area contributed by atoms with Crippen molar-refractivity contribution in [3.05, 3.63) is 60.9 Å². The molecule has 1 aliphatic rings. The molecule has 1 aliphatic heterocycles. The molecule has 4 heterocycles. The predicted octanol–water partition coefficient (Wildman–Crippen LogP) is 3.10. The van der Waals surface area contributed by atoms with E-state index < -0.39 is 5.82 Å². The summed E-state index contributed by atoms with van der Waals surface area (Å²) in [6.07, 6.45) is 9.09. The van der Waals surface area contributed by atoms with Crippen LogP contribution >= 0.6 is 0 Å². The highest BCUT2D eigenvalue weighted by Crippen LogP contribution is 2.35. The number of anilines is 3. The van der Waals surface area contributed by atoms with Crippen LogP contribution in [0.4, 0.5) is 21.7 Å². The summed E-state index contributed by atoms with van der Waals surface area (Å²) in [6, 6.07) is 8.27. The molecule has 0 spiro atoms. The maximum atomic E-state index is 14.6. The molecule has 1 fully saturated rings. The molecule has 3 aromatic heterocycles. The van der Waals surface area contributed by atoms with Crippen molar-refractivity contribution < 1.29 is 13.9 Å². The minimum Gasteiger partial charge on any atom is -0.496 e. The van der Waals surface area contributed by atoms with Crippen LogP contribution in [0, 0.1) is 5.82 Å². The number of carbonyl (C=O) groups is 1. The highest BCUT2D eigenvalue weighted by Gasteiger charge is 2.22. The number of pyridine rings is 1. The molecule has 1 saturated heterocycles. The number of primary amides is 1. The van der Waals surface area contributed by atoms with Crippen molar-refractivity contribution in [2.75, 3.05) is 30.4 Å². The molecule has 202 valence electrons. The Morgan fingerprint density at radius 3 is 2.90 bits per heavy atom. The third-order valence-electron chi connectivity index (χ3n) is 6.54. The summed E-state index contributed by atoms with van der Waals surface area (Å²) in [6.45, 7) is 1.96. The fourth-order valence-corrected chi connectivity index (χ4v) is 4.65. The van der Waals surface area contributed by atoms with E-state index in [4.69, 9.17) is 16.2 Å². The number of piperidine rings is 1. The Morgan fingerprint density at radius 2 is 2.10 bits per heavy atom. The number of hydrogen-bond donors (Lipinski definition) is 3. The number of nitrogens with zero attached hydrogens (tertiary/aromatic N) is 6. The van der Waals surface area contributed by atoms with E-state index in [1.807, 2.05) is 12.3 Å². The van der Waals surface area contributed by atoms with Gasteiger partial charge in [0, 0.05) is 73.6 Å². The van der Waals surface area contributed by atoms with Crippen molar-refractivity contribution >= 4 is 23.2 Å². The molecule has 12 heteroatoms. The van der Waals surface area contributed by atoms with Crippen LogP contribution in [0.3, 0.4) is 0 Å². The van der Waals surface area contributed by atoms with Crippen molar-refractivity contribution in [1.29, 1.82) is 0 Å². The minimum atomic E-state index is -0.478. The summed E-state index contributed by atoms with van der Waals surface area (Å²) in [5, 5.41) is 7.60. The standard InChI is InChI=1S/C27H30FN9O2/c1-39-22-6-2-5-20(28)26(22)27-31-9-7-24(35-27)34-25-12-21(36-10-3-4-18(29)16-36)19(14-32-25)17-13-33-37(15-17)11-8-23(30)38/h2,5-7,9,12-15,18H,3-4,8,10-11,16,29H2,1H3,(H2,30,38)(H,31,32,34,35)/t18-/m0/s1. The molecule has 5 N–H and O–H groups in total.